The van der Waals surface area contributed by atoms with Crippen LogP contribution >= 0.6 is 11.6 Å². The Hall–Kier alpha value is -1.34. The van der Waals surface area contributed by atoms with Gasteiger partial charge in [-0.2, -0.15) is 0 Å². The Morgan fingerprint density at radius 2 is 1.45 bits per heavy atom. The van der Waals surface area contributed by atoms with Crippen LogP contribution in [0.4, 0.5) is 4.79 Å². The number of ether oxygens (including phenoxy) is 2. The van der Waals surface area contributed by atoms with Gasteiger partial charge in [0.25, 0.3) is 0 Å². The maximum absolute atomic E-state index is 11.5. The molecule has 0 saturated carbocycles. The molecule has 0 aromatic carbocycles. The lowest BCUT2D eigenvalue weighted by Crippen LogP contribution is -2.27. The van der Waals surface area contributed by atoms with Crippen LogP contribution in [0, 0.1) is 11.8 Å². The largest absolute Gasteiger partial charge is 0.460 e. The molecule has 1 N–H and O–H groups in total. The predicted octanol–water partition coefficient (Wildman–Crippen LogP) is 3.73. The molecule has 8 heteroatoms. The zero-order chi connectivity index (χ0) is 22.2. The molecule has 0 unspecified atom stereocenters. The second kappa shape index (κ2) is 11.2. The smallest absolute Gasteiger partial charge is 0.316 e. The van der Waals surface area contributed by atoms with E-state index in [1.54, 1.807) is 4.90 Å². The number of likely N-dealkylation sites (tertiary alicyclic amines) is 1. The number of carbonyl (C=O) groups excluding carboxylic acids is 3. The summed E-state index contributed by atoms with van der Waals surface area (Å²) in [5.74, 6) is 0.384. The summed E-state index contributed by atoms with van der Waals surface area (Å²) >= 11 is 5.36. The molecule has 0 bridgehead atoms. The van der Waals surface area contributed by atoms with Crippen molar-refractivity contribution in [3.8, 4) is 0 Å². The van der Waals surface area contributed by atoms with Crippen LogP contribution in [0.25, 0.3) is 0 Å². The summed E-state index contributed by atoms with van der Waals surface area (Å²) < 4.78 is 10.5. The van der Waals surface area contributed by atoms with E-state index in [9.17, 15) is 14.4 Å². The number of esters is 2. The lowest BCUT2D eigenvalue weighted by Gasteiger charge is -2.20. The van der Waals surface area contributed by atoms with E-state index < -0.39 is 11.0 Å². The zero-order valence-electron chi connectivity index (χ0n) is 18.7. The van der Waals surface area contributed by atoms with Crippen molar-refractivity contribution in [3.63, 3.8) is 0 Å². The number of hydrogen-bond acceptors (Lipinski definition) is 6. The molecule has 2 fully saturated rings. The number of amides is 1. The lowest BCUT2D eigenvalue weighted by molar-refractivity contribution is -0.157. The highest BCUT2D eigenvalue weighted by atomic mass is 35.5. The summed E-state index contributed by atoms with van der Waals surface area (Å²) in [4.78, 5) is 35.3. The van der Waals surface area contributed by atoms with Crippen LogP contribution in [0.1, 0.15) is 67.2 Å². The minimum Gasteiger partial charge on any atom is -0.460 e. The first-order chi connectivity index (χ1) is 13.2. The molecule has 1 amide bonds. The van der Waals surface area contributed by atoms with Gasteiger partial charge in [-0.1, -0.05) is 0 Å². The maximum atomic E-state index is 11.5. The third-order valence-electron chi connectivity index (χ3n) is 4.45. The van der Waals surface area contributed by atoms with Gasteiger partial charge in [-0.05, 0) is 90.9 Å². The molecule has 0 spiro atoms. The monoisotopic (exact) mass is 432 g/mol. The summed E-state index contributed by atoms with van der Waals surface area (Å²) in [6.45, 7) is 14.4. The number of carbonyl (C=O) groups is 3. The number of halogens is 1. The highest BCUT2D eigenvalue weighted by molar-refractivity contribution is 6.62. The van der Waals surface area contributed by atoms with Gasteiger partial charge < -0.3 is 19.7 Å². The average Bonchev–Trinajstić information content (AvgIpc) is 3.15. The number of nitrogens with zero attached hydrogens (tertiary/aromatic N) is 1. The van der Waals surface area contributed by atoms with Crippen LogP contribution in [0.3, 0.4) is 0 Å². The van der Waals surface area contributed by atoms with Crippen LogP contribution in [-0.2, 0) is 19.1 Å². The van der Waals surface area contributed by atoms with Crippen molar-refractivity contribution >= 4 is 28.9 Å². The van der Waals surface area contributed by atoms with Gasteiger partial charge in [0.05, 0.1) is 6.42 Å². The molecular weight excluding hydrogens is 396 g/mol. The quantitative estimate of drug-likeness (QED) is 0.414. The van der Waals surface area contributed by atoms with E-state index in [0.29, 0.717) is 31.8 Å². The Balaban J connectivity index is 0.000000296. The first-order valence-electron chi connectivity index (χ1n) is 10.3. The van der Waals surface area contributed by atoms with E-state index in [0.717, 1.165) is 25.9 Å². The number of rotatable bonds is 4. The van der Waals surface area contributed by atoms with Gasteiger partial charge in [0.2, 0.25) is 0 Å². The topological polar surface area (TPSA) is 84.9 Å². The molecule has 29 heavy (non-hydrogen) atoms. The third-order valence-corrected chi connectivity index (χ3v) is 4.69. The zero-order valence-corrected chi connectivity index (χ0v) is 19.4. The fourth-order valence-corrected chi connectivity index (χ4v) is 3.44. The van der Waals surface area contributed by atoms with E-state index in [4.69, 9.17) is 21.1 Å². The molecule has 0 aliphatic carbocycles. The first kappa shape index (κ1) is 25.7. The second-order valence-corrected chi connectivity index (χ2v) is 10.1. The molecule has 0 aromatic heterocycles. The summed E-state index contributed by atoms with van der Waals surface area (Å²) in [5.41, 5.74) is -0.791. The minimum atomic E-state index is -0.447. The first-order valence-corrected chi connectivity index (χ1v) is 10.7. The van der Waals surface area contributed by atoms with Crippen molar-refractivity contribution < 1.29 is 23.9 Å². The molecule has 0 aromatic rings. The fourth-order valence-electron chi connectivity index (χ4n) is 3.29. The van der Waals surface area contributed by atoms with Gasteiger partial charge in [-0.25, -0.2) is 0 Å². The molecule has 7 nitrogen and oxygen atoms in total. The van der Waals surface area contributed by atoms with Gasteiger partial charge in [0, 0.05) is 19.5 Å². The molecule has 2 rings (SSSR count). The van der Waals surface area contributed by atoms with Crippen LogP contribution in [0.2, 0.25) is 0 Å². The second-order valence-electron chi connectivity index (χ2n) is 9.79. The van der Waals surface area contributed by atoms with Crippen molar-refractivity contribution in [3.05, 3.63) is 0 Å². The van der Waals surface area contributed by atoms with Crippen LogP contribution in [-0.4, -0.2) is 59.6 Å². The molecule has 2 saturated heterocycles. The van der Waals surface area contributed by atoms with Gasteiger partial charge in [0.15, 0.2) is 0 Å². The predicted molar refractivity (Wildman–Crippen MR) is 113 cm³/mol. The molecule has 2 heterocycles. The number of hydrogen-bond donors (Lipinski definition) is 1. The van der Waals surface area contributed by atoms with Crippen LogP contribution in [0.15, 0.2) is 0 Å². The Bertz CT molecular complexity index is 562. The van der Waals surface area contributed by atoms with Crippen molar-refractivity contribution in [1.82, 2.24) is 10.2 Å². The number of nitrogens with one attached hydrogen (secondary N) is 1. The normalized spacial score (nSPS) is 22.0. The molecule has 0 radical (unpaired) electrons. The summed E-state index contributed by atoms with van der Waals surface area (Å²) in [6.07, 6.45) is 2.83. The van der Waals surface area contributed by atoms with Crippen molar-refractivity contribution in [2.24, 2.45) is 11.8 Å². The Morgan fingerprint density at radius 3 is 1.83 bits per heavy atom. The molecule has 2 aliphatic rings. The van der Waals surface area contributed by atoms with Crippen molar-refractivity contribution in [2.75, 3.05) is 26.2 Å². The third kappa shape index (κ3) is 12.1. The van der Waals surface area contributed by atoms with Crippen LogP contribution < -0.4 is 5.32 Å². The van der Waals surface area contributed by atoms with E-state index in [2.05, 4.69) is 5.32 Å². The van der Waals surface area contributed by atoms with Gasteiger partial charge in [0.1, 0.15) is 11.2 Å². The van der Waals surface area contributed by atoms with Gasteiger partial charge in [-0.3, -0.25) is 14.4 Å². The summed E-state index contributed by atoms with van der Waals surface area (Å²) in [6, 6.07) is 0. The Kier molecular flexibility index (Phi) is 9.89. The van der Waals surface area contributed by atoms with E-state index in [1.807, 2.05) is 41.5 Å². The highest BCUT2D eigenvalue weighted by Crippen LogP contribution is 2.22. The van der Waals surface area contributed by atoms with Crippen LogP contribution in [0.5, 0.6) is 0 Å². The van der Waals surface area contributed by atoms with E-state index >= 15 is 0 Å². The van der Waals surface area contributed by atoms with Crippen molar-refractivity contribution in [1.29, 1.82) is 0 Å². The molecule has 2 aliphatic heterocycles. The SMILES string of the molecule is CC(C)(C)OC(=O)C[C@@H]1CCN(C(=O)Cl)C1.CC(C)(C)OC(=O)C[C@@H]1CCNC1. The minimum absolute atomic E-state index is 0.0683. The van der Waals surface area contributed by atoms with Crippen molar-refractivity contribution in [2.45, 2.75) is 78.4 Å². The highest BCUT2D eigenvalue weighted by Gasteiger charge is 2.28. The van der Waals surface area contributed by atoms with E-state index in [-0.39, 0.29) is 23.5 Å². The Morgan fingerprint density at radius 1 is 0.931 bits per heavy atom. The van der Waals surface area contributed by atoms with E-state index in [1.165, 1.54) is 0 Å². The van der Waals surface area contributed by atoms with Gasteiger partial charge in [-0.15, -0.1) is 0 Å². The molecule has 168 valence electrons. The Labute approximate surface area is 179 Å². The lowest BCUT2D eigenvalue weighted by atomic mass is 10.1. The molecule has 2 atom stereocenters. The van der Waals surface area contributed by atoms with Gasteiger partial charge >= 0.3 is 17.3 Å². The molecular formula is C21H37ClN2O5. The fraction of sp³-hybridized carbons (Fsp3) is 0.857. The summed E-state index contributed by atoms with van der Waals surface area (Å²) in [7, 11) is 0. The standard InChI is InChI=1S/C11H18ClNO3.C10H19NO2/c1-11(2,3)16-9(14)6-8-4-5-13(7-8)10(12)15;1-10(2,3)13-9(12)6-8-4-5-11-7-8/h8H,4-7H2,1-3H3;8,11H,4-7H2,1-3H3/t2*8-/m00/s1. The summed E-state index contributed by atoms with van der Waals surface area (Å²) in [5, 5.41) is 2.79. The maximum Gasteiger partial charge on any atom is 0.316 e. The average molecular weight is 433 g/mol.